The van der Waals surface area contributed by atoms with Crippen molar-refractivity contribution in [3.8, 4) is 0 Å². The molecule has 0 spiro atoms. The van der Waals surface area contributed by atoms with Crippen LogP contribution in [-0.2, 0) is 19.2 Å². The summed E-state index contributed by atoms with van der Waals surface area (Å²) in [6, 6.07) is -3.44. The highest BCUT2D eigenvalue weighted by molar-refractivity contribution is 7.80. The molecule has 3 amide bonds. The number of hydrogen-bond acceptors (Lipinski definition) is 7. The van der Waals surface area contributed by atoms with E-state index in [1.54, 1.807) is 0 Å². The third-order valence-corrected chi connectivity index (χ3v) is 5.46. The molecule has 1 fully saturated rings. The summed E-state index contributed by atoms with van der Waals surface area (Å²) < 4.78 is 0. The number of thiol groups is 1. The zero-order chi connectivity index (χ0) is 25.0. The van der Waals surface area contributed by atoms with E-state index in [1.165, 1.54) is 0 Å². The minimum absolute atomic E-state index is 0.0960. The molecule has 188 valence electrons. The molecule has 1 rings (SSSR count). The van der Waals surface area contributed by atoms with Gasteiger partial charge in [-0.3, -0.25) is 19.4 Å². The van der Waals surface area contributed by atoms with Crippen molar-refractivity contribution >= 4 is 42.3 Å². The van der Waals surface area contributed by atoms with E-state index < -0.39 is 35.9 Å². The largest absolute Gasteiger partial charge is 0.480 e. The van der Waals surface area contributed by atoms with Crippen LogP contribution in [-0.4, -0.2) is 77.8 Å². The fourth-order valence-corrected chi connectivity index (χ4v) is 3.63. The van der Waals surface area contributed by atoms with Crippen molar-refractivity contribution in [2.45, 2.75) is 70.1 Å². The maximum atomic E-state index is 13.0. The number of amides is 3. The van der Waals surface area contributed by atoms with Crippen LogP contribution in [0.25, 0.3) is 0 Å². The van der Waals surface area contributed by atoms with E-state index in [2.05, 4.69) is 38.9 Å². The molecule has 12 nitrogen and oxygen atoms in total. The smallest absolute Gasteiger partial charge is 0.327 e. The van der Waals surface area contributed by atoms with Gasteiger partial charge in [0, 0.05) is 12.3 Å². The van der Waals surface area contributed by atoms with Crippen molar-refractivity contribution in [3.63, 3.8) is 0 Å². The molecule has 13 heteroatoms. The van der Waals surface area contributed by atoms with Gasteiger partial charge in [-0.1, -0.05) is 13.8 Å². The second-order valence-electron chi connectivity index (χ2n) is 8.43. The first-order chi connectivity index (χ1) is 15.5. The summed E-state index contributed by atoms with van der Waals surface area (Å²) in [6.07, 6.45) is 2.48. The van der Waals surface area contributed by atoms with Gasteiger partial charge in [-0.25, -0.2) is 4.79 Å². The summed E-state index contributed by atoms with van der Waals surface area (Å²) >= 11 is 3.94. The Bertz CT molecular complexity index is 709. The number of aliphatic carboxylic acids is 1. The molecule has 0 radical (unpaired) electrons. The number of hydrogen-bond donors (Lipinski definition) is 8. The van der Waals surface area contributed by atoms with E-state index in [1.807, 2.05) is 13.8 Å². The Hall–Kier alpha value is -2.54. The molecule has 0 bridgehead atoms. The summed E-state index contributed by atoms with van der Waals surface area (Å²) in [4.78, 5) is 53.5. The molecule has 4 unspecified atom stereocenters. The first-order valence-corrected chi connectivity index (χ1v) is 11.7. The van der Waals surface area contributed by atoms with Crippen LogP contribution in [0.4, 0.5) is 0 Å². The second-order valence-corrected chi connectivity index (χ2v) is 8.80. The molecular formula is C20H37N7O5S. The summed E-state index contributed by atoms with van der Waals surface area (Å²) in [6.45, 7) is 4.82. The minimum Gasteiger partial charge on any atom is -0.480 e. The number of rotatable bonds is 14. The van der Waals surface area contributed by atoms with Crippen molar-refractivity contribution in [3.05, 3.63) is 0 Å². The average molecular weight is 488 g/mol. The van der Waals surface area contributed by atoms with E-state index in [-0.39, 0.29) is 42.5 Å². The summed E-state index contributed by atoms with van der Waals surface area (Å²) in [5.74, 6) is -2.79. The van der Waals surface area contributed by atoms with Gasteiger partial charge in [-0.05, 0) is 44.6 Å². The highest BCUT2D eigenvalue weighted by Gasteiger charge is 2.31. The molecule has 4 atom stereocenters. The van der Waals surface area contributed by atoms with E-state index in [0.29, 0.717) is 19.3 Å². The van der Waals surface area contributed by atoms with Gasteiger partial charge in [0.25, 0.3) is 0 Å². The van der Waals surface area contributed by atoms with E-state index >= 15 is 0 Å². The number of carboxylic acid groups (broad SMARTS) is 1. The summed E-state index contributed by atoms with van der Waals surface area (Å²) in [7, 11) is 0. The number of guanidine groups is 1. The number of carboxylic acids is 1. The molecule has 0 aromatic rings. The fourth-order valence-electron chi connectivity index (χ4n) is 3.39. The van der Waals surface area contributed by atoms with E-state index in [4.69, 9.17) is 11.5 Å². The van der Waals surface area contributed by atoms with Gasteiger partial charge < -0.3 is 37.8 Å². The summed E-state index contributed by atoms with van der Waals surface area (Å²) in [5, 5.41) is 20.1. The van der Waals surface area contributed by atoms with Crippen LogP contribution in [0.1, 0.15) is 46.0 Å². The Kier molecular flexibility index (Phi) is 12.6. The first kappa shape index (κ1) is 28.5. The van der Waals surface area contributed by atoms with Crippen LogP contribution in [0.2, 0.25) is 0 Å². The maximum Gasteiger partial charge on any atom is 0.327 e. The monoisotopic (exact) mass is 487 g/mol. The molecule has 0 aromatic carbocycles. The lowest BCUT2D eigenvalue weighted by Crippen LogP contribution is -2.57. The normalized spacial score (nSPS) is 18.1. The third-order valence-electron chi connectivity index (χ3n) is 5.09. The van der Waals surface area contributed by atoms with Gasteiger partial charge >= 0.3 is 5.97 Å². The molecule has 0 aliphatic carbocycles. The highest BCUT2D eigenvalue weighted by atomic mass is 32.1. The lowest BCUT2D eigenvalue weighted by molar-refractivity contribution is -0.141. The maximum absolute atomic E-state index is 13.0. The van der Waals surface area contributed by atoms with Crippen molar-refractivity contribution in [2.75, 3.05) is 18.8 Å². The van der Waals surface area contributed by atoms with Crippen LogP contribution in [0.15, 0.2) is 4.99 Å². The van der Waals surface area contributed by atoms with Crippen LogP contribution in [0, 0.1) is 5.92 Å². The molecule has 33 heavy (non-hydrogen) atoms. The van der Waals surface area contributed by atoms with Crippen LogP contribution >= 0.6 is 12.6 Å². The third kappa shape index (κ3) is 10.7. The molecule has 1 aliphatic rings. The first-order valence-electron chi connectivity index (χ1n) is 11.1. The standard InChI is InChI=1S/C20H37N7O5S/c1-11(2)9-14(26-16(28)12-5-3-7-23-12)18(30)25-13(6-4-8-24-20(21)22)17(29)27-15(10-33)19(31)32/h11-15,23,33H,3-10H2,1-2H3,(H,25,30)(H,26,28)(H,27,29)(H,31,32)(H4,21,22,24). The van der Waals surface area contributed by atoms with E-state index in [9.17, 15) is 24.3 Å². The predicted molar refractivity (Wildman–Crippen MR) is 128 cm³/mol. The van der Waals surface area contributed by atoms with Gasteiger partial charge in [-0.15, -0.1) is 0 Å². The van der Waals surface area contributed by atoms with Crippen LogP contribution in [0.5, 0.6) is 0 Å². The highest BCUT2D eigenvalue weighted by Crippen LogP contribution is 2.10. The number of aliphatic imine (C=N–C) groups is 1. The Balaban J connectivity index is 2.91. The minimum atomic E-state index is -1.24. The zero-order valence-electron chi connectivity index (χ0n) is 19.2. The molecule has 0 saturated carbocycles. The Morgan fingerprint density at radius 3 is 2.24 bits per heavy atom. The van der Waals surface area contributed by atoms with Crippen molar-refractivity contribution < 1.29 is 24.3 Å². The number of nitrogens with zero attached hydrogens (tertiary/aromatic N) is 1. The molecular weight excluding hydrogens is 450 g/mol. The van der Waals surface area contributed by atoms with Gasteiger partial charge in [0.05, 0.1) is 6.04 Å². The Morgan fingerprint density at radius 1 is 1.09 bits per heavy atom. The molecule has 1 aliphatic heterocycles. The van der Waals surface area contributed by atoms with Crippen molar-refractivity contribution in [1.82, 2.24) is 21.3 Å². The topological polar surface area (TPSA) is 201 Å². The van der Waals surface area contributed by atoms with Gasteiger partial charge in [-0.2, -0.15) is 12.6 Å². The summed E-state index contributed by atoms with van der Waals surface area (Å²) in [5.41, 5.74) is 10.6. The lowest BCUT2D eigenvalue weighted by atomic mass is 10.0. The second kappa shape index (κ2) is 14.6. The van der Waals surface area contributed by atoms with Gasteiger partial charge in [0.1, 0.15) is 18.1 Å². The van der Waals surface area contributed by atoms with Gasteiger partial charge in [0.15, 0.2) is 5.96 Å². The molecule has 0 aromatic heterocycles. The average Bonchev–Trinajstić information content (AvgIpc) is 3.27. The quantitative estimate of drug-likeness (QED) is 0.0613. The van der Waals surface area contributed by atoms with Crippen LogP contribution < -0.4 is 32.7 Å². The fraction of sp³-hybridized carbons (Fsp3) is 0.750. The van der Waals surface area contributed by atoms with Crippen molar-refractivity contribution in [2.24, 2.45) is 22.4 Å². The van der Waals surface area contributed by atoms with Crippen LogP contribution in [0.3, 0.4) is 0 Å². The van der Waals surface area contributed by atoms with E-state index in [0.717, 1.165) is 13.0 Å². The number of nitrogens with two attached hydrogens (primary N) is 2. The number of carbonyl (C=O) groups excluding carboxylic acids is 3. The number of carbonyl (C=O) groups is 4. The molecule has 1 heterocycles. The SMILES string of the molecule is CC(C)CC(NC(=O)C1CCCN1)C(=O)NC(CCCN=C(N)N)C(=O)NC(CS)C(=O)O. The molecule has 1 saturated heterocycles. The Labute approximate surface area is 199 Å². The molecule has 9 N–H and O–H groups in total. The lowest BCUT2D eigenvalue weighted by Gasteiger charge is -2.26. The number of nitrogens with one attached hydrogen (secondary N) is 4. The predicted octanol–water partition coefficient (Wildman–Crippen LogP) is -1.69. The van der Waals surface area contributed by atoms with Gasteiger partial charge in [0.2, 0.25) is 17.7 Å². The Morgan fingerprint density at radius 2 is 1.73 bits per heavy atom. The van der Waals surface area contributed by atoms with Crippen molar-refractivity contribution in [1.29, 1.82) is 0 Å². The zero-order valence-corrected chi connectivity index (χ0v) is 20.1.